The van der Waals surface area contributed by atoms with Gasteiger partial charge in [0.15, 0.2) is 0 Å². The molecule has 1 saturated heterocycles. The maximum absolute atomic E-state index is 11.1. The molecule has 1 heterocycles. The number of nitro benzene ring substituents is 1. The van der Waals surface area contributed by atoms with Gasteiger partial charge in [-0.25, -0.2) is 0 Å². The fourth-order valence-corrected chi connectivity index (χ4v) is 3.33. The molecule has 2 aromatic carbocycles. The largest absolute Gasteiger partial charge is 0.490 e. The van der Waals surface area contributed by atoms with Crippen molar-refractivity contribution in [3.8, 4) is 16.9 Å². The molecule has 2 aromatic rings. The van der Waals surface area contributed by atoms with Gasteiger partial charge in [0.25, 0.3) is 5.69 Å². The molecule has 7 nitrogen and oxygen atoms in total. The second kappa shape index (κ2) is 8.94. The number of nitro groups is 1. The highest BCUT2D eigenvalue weighted by molar-refractivity contribution is 5.72. The third kappa shape index (κ3) is 5.26. The standard InChI is InChI=1S/C20H24N2O5/c23-17-7-4-10-21(12-17)13-18(24)14-27-20-9-8-16(22(25)26)11-19(20)15-5-2-1-3-6-15/h1-3,5-6,8-9,11,17-18,23-24H,4,7,10,12-14H2. The van der Waals surface area contributed by atoms with Gasteiger partial charge in [-0.2, -0.15) is 0 Å². The van der Waals surface area contributed by atoms with Crippen molar-refractivity contribution < 1.29 is 19.9 Å². The number of nitrogens with zero attached hydrogens (tertiary/aromatic N) is 2. The Hall–Kier alpha value is -2.48. The Labute approximate surface area is 158 Å². The van der Waals surface area contributed by atoms with E-state index in [9.17, 15) is 20.3 Å². The molecule has 2 N–H and O–H groups in total. The molecule has 7 heteroatoms. The van der Waals surface area contributed by atoms with Crippen LogP contribution in [0.1, 0.15) is 12.8 Å². The van der Waals surface area contributed by atoms with E-state index in [0.29, 0.717) is 24.4 Å². The number of β-amino-alcohol motifs (C(OH)–C–C–N with tert-alkyl or cyclic N) is 2. The van der Waals surface area contributed by atoms with Crippen LogP contribution < -0.4 is 4.74 Å². The van der Waals surface area contributed by atoms with Crippen LogP contribution in [0.2, 0.25) is 0 Å². The van der Waals surface area contributed by atoms with Crippen LogP contribution in [0.15, 0.2) is 48.5 Å². The van der Waals surface area contributed by atoms with Crippen LogP contribution in [0.4, 0.5) is 5.69 Å². The molecule has 1 fully saturated rings. The van der Waals surface area contributed by atoms with Crippen molar-refractivity contribution in [2.75, 3.05) is 26.2 Å². The second-order valence-corrected chi connectivity index (χ2v) is 6.82. The van der Waals surface area contributed by atoms with Crippen LogP contribution in [0.5, 0.6) is 5.75 Å². The zero-order valence-corrected chi connectivity index (χ0v) is 15.0. The summed E-state index contributed by atoms with van der Waals surface area (Å²) in [4.78, 5) is 12.7. The highest BCUT2D eigenvalue weighted by Gasteiger charge is 2.21. The Morgan fingerprint density at radius 2 is 2.04 bits per heavy atom. The first-order valence-electron chi connectivity index (χ1n) is 9.08. The van der Waals surface area contributed by atoms with E-state index in [2.05, 4.69) is 0 Å². The first kappa shape index (κ1) is 19.3. The number of non-ortho nitro benzene ring substituents is 1. The minimum Gasteiger partial charge on any atom is -0.490 e. The lowest BCUT2D eigenvalue weighted by atomic mass is 10.0. The number of hydrogen-bond acceptors (Lipinski definition) is 6. The summed E-state index contributed by atoms with van der Waals surface area (Å²) in [6.45, 7) is 1.90. The summed E-state index contributed by atoms with van der Waals surface area (Å²) in [6.07, 6.45) is 0.655. The maximum atomic E-state index is 11.1. The topological polar surface area (TPSA) is 96.1 Å². The number of likely N-dealkylation sites (tertiary alicyclic amines) is 1. The maximum Gasteiger partial charge on any atom is 0.270 e. The van der Waals surface area contributed by atoms with E-state index in [1.165, 1.54) is 12.1 Å². The number of hydrogen-bond donors (Lipinski definition) is 2. The number of ether oxygens (including phenoxy) is 1. The van der Waals surface area contributed by atoms with Gasteiger partial charge < -0.3 is 14.9 Å². The van der Waals surface area contributed by atoms with Crippen molar-refractivity contribution >= 4 is 5.69 Å². The highest BCUT2D eigenvalue weighted by Crippen LogP contribution is 2.33. The molecule has 144 valence electrons. The first-order chi connectivity index (χ1) is 13.0. The summed E-state index contributed by atoms with van der Waals surface area (Å²) < 4.78 is 5.79. The van der Waals surface area contributed by atoms with Crippen LogP contribution in [0.3, 0.4) is 0 Å². The molecule has 0 aromatic heterocycles. The lowest BCUT2D eigenvalue weighted by Gasteiger charge is -2.31. The van der Waals surface area contributed by atoms with Crippen molar-refractivity contribution in [3.63, 3.8) is 0 Å². The molecular formula is C20H24N2O5. The minimum atomic E-state index is -0.714. The van der Waals surface area contributed by atoms with Crippen molar-refractivity contribution in [2.24, 2.45) is 0 Å². The molecule has 2 atom stereocenters. The summed E-state index contributed by atoms with van der Waals surface area (Å²) in [7, 11) is 0. The third-order valence-corrected chi connectivity index (χ3v) is 4.64. The lowest BCUT2D eigenvalue weighted by Crippen LogP contribution is -2.43. The van der Waals surface area contributed by atoms with E-state index < -0.39 is 11.0 Å². The van der Waals surface area contributed by atoms with E-state index in [1.54, 1.807) is 6.07 Å². The molecule has 0 amide bonds. The summed E-state index contributed by atoms with van der Waals surface area (Å²) >= 11 is 0. The molecule has 27 heavy (non-hydrogen) atoms. The normalized spacial score (nSPS) is 18.8. The van der Waals surface area contributed by atoms with Gasteiger partial charge in [0.1, 0.15) is 18.5 Å². The Morgan fingerprint density at radius 3 is 2.74 bits per heavy atom. The quantitative estimate of drug-likeness (QED) is 0.573. The van der Waals surface area contributed by atoms with Crippen LogP contribution >= 0.6 is 0 Å². The van der Waals surface area contributed by atoms with E-state index >= 15 is 0 Å². The zero-order valence-electron chi connectivity index (χ0n) is 15.0. The van der Waals surface area contributed by atoms with Crippen molar-refractivity contribution in [1.82, 2.24) is 4.90 Å². The third-order valence-electron chi connectivity index (χ3n) is 4.64. The monoisotopic (exact) mass is 372 g/mol. The zero-order chi connectivity index (χ0) is 19.2. The minimum absolute atomic E-state index is 0.0101. The van der Waals surface area contributed by atoms with Crippen LogP contribution in [0, 0.1) is 10.1 Å². The highest BCUT2D eigenvalue weighted by atomic mass is 16.6. The molecule has 1 aliphatic heterocycles. The SMILES string of the molecule is O=[N+]([O-])c1ccc(OCC(O)CN2CCCC(O)C2)c(-c2ccccc2)c1. The second-order valence-electron chi connectivity index (χ2n) is 6.82. The van der Waals surface area contributed by atoms with E-state index in [1.807, 2.05) is 35.2 Å². The molecule has 0 aliphatic carbocycles. The van der Waals surface area contributed by atoms with Gasteiger partial charge in [-0.1, -0.05) is 30.3 Å². The van der Waals surface area contributed by atoms with Gasteiger partial charge in [-0.15, -0.1) is 0 Å². The Kier molecular flexibility index (Phi) is 6.39. The smallest absolute Gasteiger partial charge is 0.270 e. The average Bonchev–Trinajstić information content (AvgIpc) is 2.67. The van der Waals surface area contributed by atoms with Crippen LogP contribution in [-0.4, -0.2) is 58.5 Å². The Balaban J connectivity index is 1.69. The number of aliphatic hydroxyl groups excluding tert-OH is 2. The molecule has 0 bridgehead atoms. The number of rotatable bonds is 7. The number of benzene rings is 2. The lowest BCUT2D eigenvalue weighted by molar-refractivity contribution is -0.384. The number of aliphatic hydroxyl groups is 2. The molecule has 0 radical (unpaired) electrons. The van der Waals surface area contributed by atoms with Gasteiger partial charge in [-0.3, -0.25) is 15.0 Å². The van der Waals surface area contributed by atoms with Gasteiger partial charge in [0, 0.05) is 30.8 Å². The fourth-order valence-electron chi connectivity index (χ4n) is 3.33. The predicted octanol–water partition coefficient (Wildman–Crippen LogP) is 2.46. The summed E-state index contributed by atoms with van der Waals surface area (Å²) in [5, 5.41) is 31.1. The van der Waals surface area contributed by atoms with Gasteiger partial charge in [0.2, 0.25) is 0 Å². The summed E-state index contributed by atoms with van der Waals surface area (Å²) in [5.41, 5.74) is 1.42. The Morgan fingerprint density at radius 1 is 1.26 bits per heavy atom. The molecule has 3 rings (SSSR count). The van der Waals surface area contributed by atoms with E-state index in [0.717, 1.165) is 24.9 Å². The number of piperidine rings is 1. The van der Waals surface area contributed by atoms with Gasteiger partial charge >= 0.3 is 0 Å². The predicted molar refractivity (Wildman–Crippen MR) is 102 cm³/mol. The Bertz CT molecular complexity index is 768. The molecule has 0 spiro atoms. The molecular weight excluding hydrogens is 348 g/mol. The van der Waals surface area contributed by atoms with E-state index in [4.69, 9.17) is 4.74 Å². The summed E-state index contributed by atoms with van der Waals surface area (Å²) in [6, 6.07) is 13.8. The van der Waals surface area contributed by atoms with Crippen molar-refractivity contribution in [2.45, 2.75) is 25.0 Å². The van der Waals surface area contributed by atoms with Crippen LogP contribution in [-0.2, 0) is 0 Å². The van der Waals surface area contributed by atoms with E-state index in [-0.39, 0.29) is 18.4 Å². The molecule has 1 aliphatic rings. The van der Waals surface area contributed by atoms with Gasteiger partial charge in [0.05, 0.1) is 11.0 Å². The summed E-state index contributed by atoms with van der Waals surface area (Å²) in [5.74, 6) is 0.490. The van der Waals surface area contributed by atoms with Gasteiger partial charge in [-0.05, 0) is 31.0 Å². The fraction of sp³-hybridized carbons (Fsp3) is 0.400. The van der Waals surface area contributed by atoms with Crippen molar-refractivity contribution in [3.05, 3.63) is 58.6 Å². The first-order valence-corrected chi connectivity index (χ1v) is 9.08. The van der Waals surface area contributed by atoms with Crippen LogP contribution in [0.25, 0.3) is 11.1 Å². The average molecular weight is 372 g/mol. The van der Waals surface area contributed by atoms with Crippen molar-refractivity contribution in [1.29, 1.82) is 0 Å². The molecule has 2 unspecified atom stereocenters. The molecule has 0 saturated carbocycles.